The van der Waals surface area contributed by atoms with Gasteiger partial charge in [-0.3, -0.25) is 9.59 Å². The third-order valence-corrected chi connectivity index (χ3v) is 5.27. The second kappa shape index (κ2) is 9.59. The van der Waals surface area contributed by atoms with Crippen LogP contribution in [0.1, 0.15) is 17.7 Å². The number of anilines is 1. The predicted octanol–water partition coefficient (Wildman–Crippen LogP) is 4.37. The lowest BCUT2D eigenvalue weighted by atomic mass is 10.2. The van der Waals surface area contributed by atoms with E-state index in [0.717, 1.165) is 5.56 Å². The van der Waals surface area contributed by atoms with E-state index in [0.29, 0.717) is 10.7 Å². The number of thioether (sulfide) groups is 1. The van der Waals surface area contributed by atoms with Gasteiger partial charge in [0.05, 0.1) is 23.0 Å². The van der Waals surface area contributed by atoms with Gasteiger partial charge in [0.15, 0.2) is 0 Å². The molecule has 0 spiro atoms. The van der Waals surface area contributed by atoms with Crippen molar-refractivity contribution in [1.29, 1.82) is 0 Å². The smallest absolute Gasteiger partial charge is 0.244 e. The Morgan fingerprint density at radius 3 is 2.50 bits per heavy atom. The van der Waals surface area contributed by atoms with Crippen LogP contribution in [0.25, 0.3) is 0 Å². The number of carbonyl (C=O) groups is 2. The van der Waals surface area contributed by atoms with Gasteiger partial charge in [0.25, 0.3) is 0 Å². The minimum atomic E-state index is -0.314. The molecular formula is C19H20ClFN2O2S. The van der Waals surface area contributed by atoms with E-state index in [4.69, 9.17) is 11.6 Å². The van der Waals surface area contributed by atoms with Crippen LogP contribution in [-0.4, -0.2) is 36.1 Å². The van der Waals surface area contributed by atoms with Crippen molar-refractivity contribution in [3.05, 3.63) is 64.9 Å². The van der Waals surface area contributed by atoms with Crippen LogP contribution in [0.2, 0.25) is 5.02 Å². The first-order valence-corrected chi connectivity index (χ1v) is 9.45. The third kappa shape index (κ3) is 6.04. The Labute approximate surface area is 161 Å². The lowest BCUT2D eigenvalue weighted by Crippen LogP contribution is -2.36. The largest absolute Gasteiger partial charge is 0.336 e. The van der Waals surface area contributed by atoms with Gasteiger partial charge >= 0.3 is 0 Å². The Balaban J connectivity index is 1.80. The molecule has 0 saturated carbocycles. The first-order valence-electron chi connectivity index (χ1n) is 8.02. The molecule has 0 aliphatic rings. The molecule has 2 amide bonds. The van der Waals surface area contributed by atoms with E-state index in [1.165, 1.54) is 28.8 Å². The van der Waals surface area contributed by atoms with Gasteiger partial charge in [-0.25, -0.2) is 4.39 Å². The Hall–Kier alpha value is -2.05. The van der Waals surface area contributed by atoms with E-state index in [9.17, 15) is 14.0 Å². The lowest BCUT2D eigenvalue weighted by molar-refractivity contribution is -0.131. The molecule has 1 atom stereocenters. The van der Waals surface area contributed by atoms with Crippen molar-refractivity contribution in [2.24, 2.45) is 0 Å². The summed E-state index contributed by atoms with van der Waals surface area (Å²) >= 11 is 7.44. The number of hydrogen-bond donors (Lipinski definition) is 1. The summed E-state index contributed by atoms with van der Waals surface area (Å²) in [6.45, 7) is 1.89. The van der Waals surface area contributed by atoms with E-state index in [2.05, 4.69) is 5.32 Å². The van der Waals surface area contributed by atoms with Crippen LogP contribution in [0, 0.1) is 5.82 Å². The minimum absolute atomic E-state index is 0.0462. The number of rotatable bonds is 7. The molecule has 138 valence electrons. The molecule has 2 aromatic rings. The Morgan fingerprint density at radius 1 is 1.19 bits per heavy atom. The normalized spacial score (nSPS) is 11.7. The number of likely N-dealkylation sites (N-methyl/N-ethyl adjacent to an activating group) is 1. The van der Waals surface area contributed by atoms with Crippen LogP contribution in [0.15, 0.2) is 48.5 Å². The summed E-state index contributed by atoms with van der Waals surface area (Å²) in [5.74, 6) is -0.524. The van der Waals surface area contributed by atoms with E-state index in [1.807, 2.05) is 6.92 Å². The Morgan fingerprint density at radius 2 is 1.85 bits per heavy atom. The van der Waals surface area contributed by atoms with E-state index >= 15 is 0 Å². The van der Waals surface area contributed by atoms with Crippen molar-refractivity contribution in [3.8, 4) is 0 Å². The zero-order valence-corrected chi connectivity index (χ0v) is 16.1. The maximum atomic E-state index is 13.0. The van der Waals surface area contributed by atoms with Crippen molar-refractivity contribution in [1.82, 2.24) is 4.90 Å². The van der Waals surface area contributed by atoms with Crippen LogP contribution in [0.4, 0.5) is 10.1 Å². The molecule has 0 aliphatic heterocycles. The van der Waals surface area contributed by atoms with Crippen molar-refractivity contribution in [2.75, 3.05) is 24.7 Å². The molecule has 26 heavy (non-hydrogen) atoms. The highest BCUT2D eigenvalue weighted by Gasteiger charge is 2.16. The zero-order valence-electron chi connectivity index (χ0n) is 14.5. The summed E-state index contributed by atoms with van der Waals surface area (Å²) < 4.78 is 13.0. The Kier molecular flexibility index (Phi) is 7.48. The molecule has 0 fully saturated rings. The van der Waals surface area contributed by atoms with E-state index in [1.54, 1.807) is 43.4 Å². The van der Waals surface area contributed by atoms with Crippen molar-refractivity contribution in [2.45, 2.75) is 12.2 Å². The van der Waals surface area contributed by atoms with E-state index in [-0.39, 0.29) is 35.2 Å². The van der Waals surface area contributed by atoms with Gasteiger partial charge in [-0.05, 0) is 36.8 Å². The molecule has 2 aromatic carbocycles. The van der Waals surface area contributed by atoms with Gasteiger partial charge in [0.1, 0.15) is 5.82 Å². The maximum absolute atomic E-state index is 13.0. The SMILES string of the molecule is CC(SCC(=O)N(C)CC(=O)Nc1ccccc1Cl)c1ccc(F)cc1. The number of amides is 2. The molecular weight excluding hydrogens is 375 g/mol. The number of halogens is 2. The third-order valence-electron chi connectivity index (χ3n) is 3.75. The minimum Gasteiger partial charge on any atom is -0.336 e. The van der Waals surface area contributed by atoms with Gasteiger partial charge < -0.3 is 10.2 Å². The molecule has 0 radical (unpaired) electrons. The number of benzene rings is 2. The fourth-order valence-corrected chi connectivity index (χ4v) is 3.34. The van der Waals surface area contributed by atoms with Gasteiger partial charge in [0.2, 0.25) is 11.8 Å². The van der Waals surface area contributed by atoms with Crippen molar-refractivity contribution >= 4 is 40.9 Å². The first-order chi connectivity index (χ1) is 12.4. The molecule has 7 heteroatoms. The highest BCUT2D eigenvalue weighted by molar-refractivity contribution is 8.00. The van der Waals surface area contributed by atoms with Crippen LogP contribution >= 0.6 is 23.4 Å². The summed E-state index contributed by atoms with van der Waals surface area (Å²) in [6, 6.07) is 13.1. The number of nitrogens with one attached hydrogen (secondary N) is 1. The number of nitrogens with zero attached hydrogens (tertiary/aromatic N) is 1. The fraction of sp³-hybridized carbons (Fsp3) is 0.263. The quantitative estimate of drug-likeness (QED) is 0.758. The van der Waals surface area contributed by atoms with Crippen LogP contribution < -0.4 is 5.32 Å². The van der Waals surface area contributed by atoms with Gasteiger partial charge in [-0.2, -0.15) is 0 Å². The average Bonchev–Trinajstić information content (AvgIpc) is 2.61. The van der Waals surface area contributed by atoms with Crippen LogP contribution in [0.3, 0.4) is 0 Å². The topological polar surface area (TPSA) is 49.4 Å². The maximum Gasteiger partial charge on any atom is 0.244 e. The summed E-state index contributed by atoms with van der Waals surface area (Å²) in [6.07, 6.45) is 0. The highest BCUT2D eigenvalue weighted by atomic mass is 35.5. The van der Waals surface area contributed by atoms with E-state index < -0.39 is 0 Å². The first kappa shape index (κ1) is 20.3. The zero-order chi connectivity index (χ0) is 19.1. The molecule has 0 saturated heterocycles. The van der Waals surface area contributed by atoms with Crippen molar-refractivity contribution < 1.29 is 14.0 Å². The average molecular weight is 395 g/mol. The molecule has 0 bridgehead atoms. The fourth-order valence-electron chi connectivity index (χ4n) is 2.19. The number of hydrogen-bond acceptors (Lipinski definition) is 3. The highest BCUT2D eigenvalue weighted by Crippen LogP contribution is 2.28. The summed E-state index contributed by atoms with van der Waals surface area (Å²) in [4.78, 5) is 25.7. The molecule has 1 unspecified atom stereocenters. The summed E-state index contributed by atoms with van der Waals surface area (Å²) in [5.41, 5.74) is 1.46. The Bertz CT molecular complexity index is 770. The van der Waals surface area contributed by atoms with Crippen LogP contribution in [0.5, 0.6) is 0 Å². The predicted molar refractivity (Wildman–Crippen MR) is 105 cm³/mol. The molecule has 0 aromatic heterocycles. The summed E-state index contributed by atoms with van der Waals surface area (Å²) in [5, 5.41) is 3.17. The van der Waals surface area contributed by atoms with Crippen LogP contribution in [-0.2, 0) is 9.59 Å². The van der Waals surface area contributed by atoms with Crippen molar-refractivity contribution in [3.63, 3.8) is 0 Å². The summed E-state index contributed by atoms with van der Waals surface area (Å²) in [7, 11) is 1.58. The van der Waals surface area contributed by atoms with Gasteiger partial charge in [-0.1, -0.05) is 35.9 Å². The second-order valence-electron chi connectivity index (χ2n) is 5.78. The monoisotopic (exact) mass is 394 g/mol. The molecule has 2 rings (SSSR count). The molecule has 1 N–H and O–H groups in total. The van der Waals surface area contributed by atoms with Gasteiger partial charge in [0, 0.05) is 12.3 Å². The number of carbonyl (C=O) groups excluding carboxylic acids is 2. The molecule has 0 aliphatic carbocycles. The number of para-hydroxylation sites is 1. The second-order valence-corrected chi connectivity index (χ2v) is 7.52. The lowest BCUT2D eigenvalue weighted by Gasteiger charge is -2.18. The standard InChI is InChI=1S/C19H20ClFN2O2S/c1-13(14-7-9-15(21)10-8-14)26-12-19(25)23(2)11-18(24)22-17-6-4-3-5-16(17)20/h3-10,13H,11-12H2,1-2H3,(H,22,24). The molecule has 0 heterocycles. The molecule has 4 nitrogen and oxygen atoms in total. The van der Waals surface area contributed by atoms with Gasteiger partial charge in [-0.15, -0.1) is 11.8 Å².